The van der Waals surface area contributed by atoms with Crippen LogP contribution in [0, 0.1) is 5.92 Å². The molecule has 2 aliphatic rings. The first-order chi connectivity index (χ1) is 8.31. The second-order valence-corrected chi connectivity index (χ2v) is 5.60. The van der Waals surface area contributed by atoms with Crippen molar-refractivity contribution in [3.63, 3.8) is 0 Å². The highest BCUT2D eigenvalue weighted by Gasteiger charge is 2.36. The van der Waals surface area contributed by atoms with E-state index in [-0.39, 0.29) is 5.97 Å². The minimum atomic E-state index is -0.00423. The van der Waals surface area contributed by atoms with Gasteiger partial charge in [-0.3, -0.25) is 4.79 Å². The number of esters is 1. The zero-order valence-electron chi connectivity index (χ0n) is 11.0. The van der Waals surface area contributed by atoms with Crippen LogP contribution in [0.2, 0.25) is 0 Å². The molecule has 0 bridgehead atoms. The van der Waals surface area contributed by atoms with Gasteiger partial charge in [-0.15, -0.1) is 0 Å². The van der Waals surface area contributed by atoms with Gasteiger partial charge in [-0.2, -0.15) is 0 Å². The van der Waals surface area contributed by atoms with Gasteiger partial charge in [0.05, 0.1) is 25.7 Å². The summed E-state index contributed by atoms with van der Waals surface area (Å²) in [5.74, 6) is 0.621. The van der Waals surface area contributed by atoms with Gasteiger partial charge in [0.1, 0.15) is 0 Å². The maximum atomic E-state index is 11.4. The van der Waals surface area contributed by atoms with E-state index in [1.165, 1.54) is 45.2 Å². The van der Waals surface area contributed by atoms with Crippen LogP contribution in [-0.2, 0) is 9.53 Å². The Kier molecular flexibility index (Phi) is 4.84. The van der Waals surface area contributed by atoms with Crippen molar-refractivity contribution in [1.29, 1.82) is 0 Å². The van der Waals surface area contributed by atoms with Crippen LogP contribution in [0.3, 0.4) is 0 Å². The molecule has 2 heterocycles. The molecule has 17 heavy (non-hydrogen) atoms. The topological polar surface area (TPSA) is 30.7 Å². The van der Waals surface area contributed by atoms with Crippen molar-refractivity contribution in [2.45, 2.75) is 57.9 Å². The first-order valence-electron chi connectivity index (χ1n) is 7.31. The van der Waals surface area contributed by atoms with E-state index in [9.17, 15) is 4.79 Å². The van der Waals surface area contributed by atoms with E-state index >= 15 is 0 Å². The van der Waals surface area contributed by atoms with E-state index in [0.29, 0.717) is 18.9 Å². The Labute approximate surface area is 105 Å². The summed E-state index contributed by atoms with van der Waals surface area (Å²) >= 11 is 0. The molecular formula is C14H26NO2+. The lowest BCUT2D eigenvalue weighted by molar-refractivity contribution is -0.940. The smallest absolute Gasteiger partial charge is 0.305 e. The summed E-state index contributed by atoms with van der Waals surface area (Å²) in [5, 5.41) is 0. The van der Waals surface area contributed by atoms with Crippen LogP contribution < -0.4 is 4.90 Å². The molecule has 0 radical (unpaired) electrons. The standard InChI is InChI=1S/C14H25NO2/c1-2-6-14(16)17-11-12-7-5-10-15-9-4-3-8-13(12)15/h12-13H,2-11H2,1H3/p+1/t12-,13-/m1/s1. The summed E-state index contributed by atoms with van der Waals surface area (Å²) in [6, 6.07) is 0.770. The Balaban J connectivity index is 1.80. The van der Waals surface area contributed by atoms with Gasteiger partial charge >= 0.3 is 5.97 Å². The van der Waals surface area contributed by atoms with Gasteiger partial charge in [-0.1, -0.05) is 6.92 Å². The lowest BCUT2D eigenvalue weighted by Crippen LogP contribution is -3.18. The van der Waals surface area contributed by atoms with Crippen LogP contribution in [0.25, 0.3) is 0 Å². The number of carbonyl (C=O) groups is 1. The quantitative estimate of drug-likeness (QED) is 0.748. The van der Waals surface area contributed by atoms with Crippen LogP contribution >= 0.6 is 0 Å². The molecule has 0 aliphatic carbocycles. The predicted molar refractivity (Wildman–Crippen MR) is 66.9 cm³/mol. The van der Waals surface area contributed by atoms with E-state index in [1.54, 1.807) is 4.90 Å². The van der Waals surface area contributed by atoms with Gasteiger partial charge in [-0.05, 0) is 38.5 Å². The Bertz CT molecular complexity index is 253. The van der Waals surface area contributed by atoms with Crippen molar-refractivity contribution < 1.29 is 14.4 Å². The molecule has 0 aromatic rings. The summed E-state index contributed by atoms with van der Waals surface area (Å²) < 4.78 is 5.42. The zero-order valence-corrected chi connectivity index (χ0v) is 11.0. The molecule has 0 saturated carbocycles. The van der Waals surface area contributed by atoms with Gasteiger partial charge in [0.15, 0.2) is 0 Å². The molecule has 2 aliphatic heterocycles. The highest BCUT2D eigenvalue weighted by atomic mass is 16.5. The maximum Gasteiger partial charge on any atom is 0.305 e. The summed E-state index contributed by atoms with van der Waals surface area (Å²) in [6.07, 6.45) is 8.13. The number of carbonyl (C=O) groups excluding carboxylic acids is 1. The Morgan fingerprint density at radius 2 is 2.06 bits per heavy atom. The van der Waals surface area contributed by atoms with Crippen molar-refractivity contribution in [1.82, 2.24) is 0 Å². The fraction of sp³-hybridized carbons (Fsp3) is 0.929. The van der Waals surface area contributed by atoms with E-state index in [2.05, 4.69) is 0 Å². The van der Waals surface area contributed by atoms with Crippen molar-refractivity contribution in [3.05, 3.63) is 0 Å². The van der Waals surface area contributed by atoms with Crippen LogP contribution in [-0.4, -0.2) is 31.7 Å². The fourth-order valence-electron chi connectivity index (χ4n) is 3.45. The molecule has 0 spiro atoms. The third-order valence-corrected chi connectivity index (χ3v) is 4.34. The van der Waals surface area contributed by atoms with Gasteiger partial charge < -0.3 is 9.64 Å². The first kappa shape index (κ1) is 12.9. The van der Waals surface area contributed by atoms with Crippen LogP contribution in [0.15, 0.2) is 0 Å². The average molecular weight is 240 g/mol. The molecular weight excluding hydrogens is 214 g/mol. The summed E-state index contributed by atoms with van der Waals surface area (Å²) in [4.78, 5) is 13.2. The number of ether oxygens (including phenoxy) is 1. The molecule has 0 aromatic carbocycles. The number of quaternary nitrogens is 1. The van der Waals surface area contributed by atoms with E-state index in [4.69, 9.17) is 4.74 Å². The number of rotatable bonds is 4. The SMILES string of the molecule is CCCC(=O)OC[C@H]1CCC[NH+]2CCCC[C@H]12. The Hall–Kier alpha value is -0.570. The zero-order chi connectivity index (χ0) is 12.1. The minimum Gasteiger partial charge on any atom is -0.465 e. The highest BCUT2D eigenvalue weighted by molar-refractivity contribution is 5.69. The van der Waals surface area contributed by atoms with Gasteiger partial charge in [0, 0.05) is 12.3 Å². The van der Waals surface area contributed by atoms with Crippen molar-refractivity contribution in [2.24, 2.45) is 5.92 Å². The molecule has 3 heteroatoms. The lowest BCUT2D eigenvalue weighted by atomic mass is 9.84. The molecule has 2 fully saturated rings. The van der Waals surface area contributed by atoms with E-state index in [0.717, 1.165) is 12.5 Å². The molecule has 0 aromatic heterocycles. The van der Waals surface area contributed by atoms with Crippen LogP contribution in [0.4, 0.5) is 0 Å². The number of hydrogen-bond donors (Lipinski definition) is 1. The Morgan fingerprint density at radius 1 is 1.24 bits per heavy atom. The number of fused-ring (bicyclic) bond motifs is 1. The summed E-state index contributed by atoms with van der Waals surface area (Å²) in [5.41, 5.74) is 0. The monoisotopic (exact) mass is 240 g/mol. The largest absolute Gasteiger partial charge is 0.465 e. The van der Waals surface area contributed by atoms with Crippen LogP contribution in [0.5, 0.6) is 0 Å². The third kappa shape index (κ3) is 3.44. The number of nitrogens with one attached hydrogen (secondary N) is 1. The summed E-state index contributed by atoms with van der Waals surface area (Å²) in [6.45, 7) is 5.37. The highest BCUT2D eigenvalue weighted by Crippen LogP contribution is 2.20. The normalized spacial score (nSPS) is 32.9. The molecule has 1 N–H and O–H groups in total. The van der Waals surface area contributed by atoms with Gasteiger partial charge in [-0.25, -0.2) is 0 Å². The van der Waals surface area contributed by atoms with Gasteiger partial charge in [0.2, 0.25) is 0 Å². The maximum absolute atomic E-state index is 11.4. The first-order valence-corrected chi connectivity index (χ1v) is 7.31. The van der Waals surface area contributed by atoms with Gasteiger partial charge in [0.25, 0.3) is 0 Å². The molecule has 2 saturated heterocycles. The van der Waals surface area contributed by atoms with Crippen LogP contribution in [0.1, 0.15) is 51.9 Å². The predicted octanol–water partition coefficient (Wildman–Crippen LogP) is 1.18. The fourth-order valence-corrected chi connectivity index (χ4v) is 3.45. The van der Waals surface area contributed by atoms with E-state index in [1.807, 2.05) is 6.92 Å². The van der Waals surface area contributed by atoms with E-state index < -0.39 is 0 Å². The molecule has 0 amide bonds. The second kappa shape index (κ2) is 6.39. The second-order valence-electron chi connectivity index (χ2n) is 5.60. The van der Waals surface area contributed by atoms with Crippen molar-refractivity contribution in [2.75, 3.05) is 19.7 Å². The molecule has 98 valence electrons. The molecule has 2 rings (SSSR count). The number of piperidine rings is 2. The Morgan fingerprint density at radius 3 is 2.88 bits per heavy atom. The third-order valence-electron chi connectivity index (χ3n) is 4.34. The molecule has 3 atom stereocenters. The number of hydrogen-bond acceptors (Lipinski definition) is 2. The summed E-state index contributed by atoms with van der Waals surface area (Å²) in [7, 11) is 0. The molecule has 1 unspecified atom stereocenters. The average Bonchev–Trinajstić information content (AvgIpc) is 2.36. The molecule has 3 nitrogen and oxygen atoms in total. The minimum absolute atomic E-state index is 0.00423. The van der Waals surface area contributed by atoms with Crippen molar-refractivity contribution >= 4 is 5.97 Å². The van der Waals surface area contributed by atoms with Crippen molar-refractivity contribution in [3.8, 4) is 0 Å². The lowest BCUT2D eigenvalue weighted by Gasteiger charge is -2.40.